The van der Waals surface area contributed by atoms with Gasteiger partial charge >= 0.3 is 0 Å². The molecule has 5 heteroatoms. The lowest BCUT2D eigenvalue weighted by atomic mass is 10.1. The van der Waals surface area contributed by atoms with Gasteiger partial charge in [-0.1, -0.05) is 6.92 Å². The van der Waals surface area contributed by atoms with Crippen molar-refractivity contribution >= 4 is 10.1 Å². The molecule has 68 valence electrons. The van der Waals surface area contributed by atoms with E-state index in [2.05, 4.69) is 0 Å². The van der Waals surface area contributed by atoms with Gasteiger partial charge in [0.1, 0.15) is 0 Å². The van der Waals surface area contributed by atoms with Crippen LogP contribution < -0.4 is 5.73 Å². The highest BCUT2D eigenvalue weighted by molar-refractivity contribution is 7.85. The molecule has 0 radical (unpaired) electrons. The van der Waals surface area contributed by atoms with Crippen molar-refractivity contribution in [3.8, 4) is 0 Å². The summed E-state index contributed by atoms with van der Waals surface area (Å²) >= 11 is 0. The van der Waals surface area contributed by atoms with Gasteiger partial charge in [0.05, 0.1) is 5.75 Å². The molecule has 0 aliphatic carbocycles. The van der Waals surface area contributed by atoms with Crippen molar-refractivity contribution in [2.24, 2.45) is 11.7 Å². The third-order valence-corrected chi connectivity index (χ3v) is 2.26. The van der Waals surface area contributed by atoms with E-state index in [4.69, 9.17) is 10.3 Å². The number of nitrogens with two attached hydrogens (primary N) is 1. The molecule has 0 aromatic carbocycles. The Kier molecular flexibility index (Phi) is 3.99. The second-order valence-electron chi connectivity index (χ2n) is 3.07. The molecule has 0 saturated carbocycles. The van der Waals surface area contributed by atoms with Gasteiger partial charge in [-0.2, -0.15) is 8.42 Å². The Morgan fingerprint density at radius 2 is 1.91 bits per heavy atom. The Hall–Kier alpha value is -0.130. The normalized spacial score (nSPS) is 17.8. The van der Waals surface area contributed by atoms with Crippen LogP contribution in [0.4, 0.5) is 0 Å². The first kappa shape index (κ1) is 10.9. The summed E-state index contributed by atoms with van der Waals surface area (Å²) in [4.78, 5) is 0. The van der Waals surface area contributed by atoms with E-state index in [1.807, 2.05) is 0 Å². The molecule has 0 heterocycles. The van der Waals surface area contributed by atoms with Crippen LogP contribution in [0.1, 0.15) is 20.3 Å². The van der Waals surface area contributed by atoms with E-state index in [1.165, 1.54) is 0 Å². The monoisotopic (exact) mass is 181 g/mol. The molecule has 0 spiro atoms. The van der Waals surface area contributed by atoms with Crippen molar-refractivity contribution < 1.29 is 13.0 Å². The van der Waals surface area contributed by atoms with Gasteiger partial charge in [0.15, 0.2) is 0 Å². The van der Waals surface area contributed by atoms with Gasteiger partial charge in [0, 0.05) is 6.04 Å². The highest BCUT2D eigenvalue weighted by Gasteiger charge is 2.13. The molecule has 11 heavy (non-hydrogen) atoms. The zero-order valence-corrected chi connectivity index (χ0v) is 7.63. The van der Waals surface area contributed by atoms with E-state index in [-0.39, 0.29) is 17.7 Å². The van der Waals surface area contributed by atoms with Gasteiger partial charge in [0.2, 0.25) is 0 Å². The molecule has 0 aliphatic rings. The molecule has 3 N–H and O–H groups in total. The molecule has 0 aliphatic heterocycles. The van der Waals surface area contributed by atoms with Crippen LogP contribution in [0.2, 0.25) is 0 Å². The summed E-state index contributed by atoms with van der Waals surface area (Å²) in [5.74, 6) is -0.279. The fourth-order valence-corrected chi connectivity index (χ4v) is 1.92. The predicted octanol–water partition coefficient (Wildman–Crippen LogP) is 0.248. The molecule has 0 saturated heterocycles. The van der Waals surface area contributed by atoms with Crippen LogP contribution in [0.5, 0.6) is 0 Å². The van der Waals surface area contributed by atoms with Crippen molar-refractivity contribution in [2.45, 2.75) is 26.3 Å². The first-order valence-corrected chi connectivity index (χ1v) is 5.13. The molecular weight excluding hydrogens is 166 g/mol. The molecule has 0 bridgehead atoms. The summed E-state index contributed by atoms with van der Waals surface area (Å²) in [5.41, 5.74) is 5.44. The molecule has 0 fully saturated rings. The van der Waals surface area contributed by atoms with E-state index in [1.54, 1.807) is 13.8 Å². The highest BCUT2D eigenvalue weighted by atomic mass is 32.2. The van der Waals surface area contributed by atoms with Crippen molar-refractivity contribution in [1.29, 1.82) is 0 Å². The maximum atomic E-state index is 10.3. The lowest BCUT2D eigenvalue weighted by Crippen LogP contribution is -2.22. The predicted molar refractivity (Wildman–Crippen MR) is 43.8 cm³/mol. The Morgan fingerprint density at radius 3 is 2.18 bits per heavy atom. The third kappa shape index (κ3) is 7.77. The third-order valence-electron chi connectivity index (χ3n) is 1.27. The topological polar surface area (TPSA) is 80.4 Å². The lowest BCUT2D eigenvalue weighted by Gasteiger charge is -2.11. The van der Waals surface area contributed by atoms with Crippen LogP contribution >= 0.6 is 0 Å². The van der Waals surface area contributed by atoms with E-state index >= 15 is 0 Å². The average molecular weight is 181 g/mol. The van der Waals surface area contributed by atoms with Crippen molar-refractivity contribution in [3.63, 3.8) is 0 Å². The van der Waals surface area contributed by atoms with Gasteiger partial charge in [-0.3, -0.25) is 4.55 Å². The zero-order chi connectivity index (χ0) is 9.07. The van der Waals surface area contributed by atoms with Crippen LogP contribution in [0.3, 0.4) is 0 Å². The largest absolute Gasteiger partial charge is 0.328 e. The van der Waals surface area contributed by atoms with Crippen molar-refractivity contribution in [3.05, 3.63) is 0 Å². The molecule has 0 rings (SSSR count). The minimum atomic E-state index is -3.82. The van der Waals surface area contributed by atoms with Gasteiger partial charge in [-0.15, -0.1) is 0 Å². The minimum Gasteiger partial charge on any atom is -0.328 e. The Morgan fingerprint density at radius 1 is 1.45 bits per heavy atom. The number of hydrogen-bond acceptors (Lipinski definition) is 3. The number of hydrogen-bond donors (Lipinski definition) is 2. The first-order chi connectivity index (χ1) is 4.81. The molecule has 0 aromatic rings. The van der Waals surface area contributed by atoms with E-state index in [0.29, 0.717) is 6.42 Å². The second-order valence-corrected chi connectivity index (χ2v) is 4.56. The minimum absolute atomic E-state index is 0.0215. The summed E-state index contributed by atoms with van der Waals surface area (Å²) in [6.45, 7) is 3.55. The van der Waals surface area contributed by atoms with E-state index in [0.717, 1.165) is 0 Å². The fourth-order valence-electron chi connectivity index (χ4n) is 1.06. The Bertz CT molecular complexity index is 198. The zero-order valence-electron chi connectivity index (χ0n) is 6.82. The summed E-state index contributed by atoms with van der Waals surface area (Å²) in [6.07, 6.45) is 0.611. The van der Waals surface area contributed by atoms with Gasteiger partial charge in [0.25, 0.3) is 10.1 Å². The van der Waals surface area contributed by atoms with Crippen LogP contribution in [0.15, 0.2) is 0 Å². The van der Waals surface area contributed by atoms with Crippen molar-refractivity contribution in [2.75, 3.05) is 5.75 Å². The summed E-state index contributed by atoms with van der Waals surface area (Å²) in [5, 5.41) is 0. The molecule has 2 unspecified atom stereocenters. The van der Waals surface area contributed by atoms with Crippen molar-refractivity contribution in [1.82, 2.24) is 0 Å². The molecular formula is C6H15NO3S. The fraction of sp³-hybridized carbons (Fsp3) is 1.00. The SMILES string of the molecule is CC(N)CC(C)CS(=O)(=O)O. The quantitative estimate of drug-likeness (QED) is 0.609. The van der Waals surface area contributed by atoms with Gasteiger partial charge in [-0.05, 0) is 19.3 Å². The van der Waals surface area contributed by atoms with Crippen LogP contribution in [-0.4, -0.2) is 24.8 Å². The summed E-state index contributed by atoms with van der Waals surface area (Å²) < 4.78 is 29.1. The van der Waals surface area contributed by atoms with E-state index in [9.17, 15) is 8.42 Å². The molecule has 0 amide bonds. The Labute approximate surface area is 67.5 Å². The number of rotatable bonds is 4. The lowest BCUT2D eigenvalue weighted by molar-refractivity contribution is 0.454. The second kappa shape index (κ2) is 4.04. The summed E-state index contributed by atoms with van der Waals surface area (Å²) in [6, 6.07) is -0.0215. The van der Waals surface area contributed by atoms with Crippen LogP contribution in [-0.2, 0) is 10.1 Å². The Balaban J connectivity index is 3.80. The molecule has 4 nitrogen and oxygen atoms in total. The maximum Gasteiger partial charge on any atom is 0.265 e. The standard InChI is InChI=1S/C6H15NO3S/c1-5(3-6(2)7)4-11(8,9)10/h5-6H,3-4,7H2,1-2H3,(H,8,9,10). The molecule has 0 aromatic heterocycles. The maximum absolute atomic E-state index is 10.3. The van der Waals surface area contributed by atoms with Crippen LogP contribution in [0.25, 0.3) is 0 Å². The van der Waals surface area contributed by atoms with Gasteiger partial charge in [-0.25, -0.2) is 0 Å². The average Bonchev–Trinajstić information content (AvgIpc) is 1.53. The van der Waals surface area contributed by atoms with Gasteiger partial charge < -0.3 is 5.73 Å². The van der Waals surface area contributed by atoms with E-state index < -0.39 is 10.1 Å². The summed E-state index contributed by atoms with van der Waals surface area (Å²) in [7, 11) is -3.82. The molecule has 2 atom stereocenters. The highest BCUT2D eigenvalue weighted by Crippen LogP contribution is 2.06. The van der Waals surface area contributed by atoms with Crippen LogP contribution in [0, 0.1) is 5.92 Å². The first-order valence-electron chi connectivity index (χ1n) is 3.52. The smallest absolute Gasteiger partial charge is 0.265 e.